The Balaban J connectivity index is 1.59. The number of carbonyl (C=O) groups is 1. The first-order valence-electron chi connectivity index (χ1n) is 21.2. The fourth-order valence-electron chi connectivity index (χ4n) is 9.65. The van der Waals surface area contributed by atoms with Crippen LogP contribution < -0.4 is 4.90 Å². The molecule has 2 aliphatic heterocycles. The molecule has 22 heteroatoms. The first kappa shape index (κ1) is 51.8. The molecule has 2 heterocycles. The van der Waals surface area contributed by atoms with Crippen LogP contribution in [0.3, 0.4) is 0 Å². The zero-order chi connectivity index (χ0) is 49.5. The molecule has 6 rings (SSSR count). The summed E-state index contributed by atoms with van der Waals surface area (Å²) >= 11 is 0. The lowest BCUT2D eigenvalue weighted by Crippen LogP contribution is -2.33. The molecule has 0 aliphatic carbocycles. The molecule has 2 aliphatic rings. The van der Waals surface area contributed by atoms with Crippen LogP contribution in [0.15, 0.2) is 87.1 Å². The molecule has 18 nitrogen and oxygen atoms in total. The van der Waals surface area contributed by atoms with Gasteiger partial charge in [-0.2, -0.15) is 38.2 Å². The molecule has 4 aromatic rings. The van der Waals surface area contributed by atoms with Crippen molar-refractivity contribution in [3.63, 3.8) is 0 Å². The Morgan fingerprint density at radius 1 is 0.731 bits per heavy atom. The molecule has 0 bridgehead atoms. The molecular formula is C45H55N2O16S4+. The number of ether oxygens (including phenoxy) is 2. The molecule has 0 fully saturated rings. The number of anilines is 1. The van der Waals surface area contributed by atoms with Crippen LogP contribution in [0.5, 0.6) is 0 Å². The van der Waals surface area contributed by atoms with Crippen molar-refractivity contribution in [2.24, 2.45) is 0 Å². The summed E-state index contributed by atoms with van der Waals surface area (Å²) in [6.45, 7) is 6.65. The third-order valence-electron chi connectivity index (χ3n) is 12.6. The summed E-state index contributed by atoms with van der Waals surface area (Å²) in [6, 6.07) is 11.4. The Labute approximate surface area is 390 Å². The van der Waals surface area contributed by atoms with E-state index >= 15 is 0 Å². The van der Waals surface area contributed by atoms with Gasteiger partial charge in [-0.1, -0.05) is 32.4 Å². The molecular weight excluding hydrogens is 953 g/mol. The van der Waals surface area contributed by atoms with Gasteiger partial charge in [0.2, 0.25) is 5.69 Å². The predicted molar refractivity (Wildman–Crippen MR) is 251 cm³/mol. The molecule has 1 unspecified atom stereocenters. The van der Waals surface area contributed by atoms with Crippen LogP contribution in [0.25, 0.3) is 21.5 Å². The van der Waals surface area contributed by atoms with Gasteiger partial charge in [0.15, 0.2) is 12.3 Å². The number of nitrogens with zero attached hydrogens (tertiary/aromatic N) is 2. The maximum Gasteiger partial charge on any atom is 0.303 e. The van der Waals surface area contributed by atoms with Crippen LogP contribution in [0.4, 0.5) is 11.4 Å². The largest absolute Gasteiger partial charge is 0.481 e. The van der Waals surface area contributed by atoms with E-state index < -0.39 is 72.8 Å². The number of aliphatic carboxylic acids is 1. The fourth-order valence-corrected chi connectivity index (χ4v) is 12.1. The highest BCUT2D eigenvalue weighted by atomic mass is 32.2. The minimum Gasteiger partial charge on any atom is -0.481 e. The molecule has 67 heavy (non-hydrogen) atoms. The van der Waals surface area contributed by atoms with Gasteiger partial charge < -0.3 is 19.5 Å². The minimum absolute atomic E-state index is 0.00315. The highest BCUT2D eigenvalue weighted by Crippen LogP contribution is 2.52. The predicted octanol–water partition coefficient (Wildman–Crippen LogP) is 6.48. The molecule has 0 saturated heterocycles. The van der Waals surface area contributed by atoms with Gasteiger partial charge in [0.1, 0.15) is 11.5 Å². The van der Waals surface area contributed by atoms with Crippen LogP contribution in [0.1, 0.15) is 76.0 Å². The number of hydrogen-bond donors (Lipinski definition) is 5. The molecule has 0 amide bonds. The van der Waals surface area contributed by atoms with Crippen molar-refractivity contribution < 1.29 is 75.8 Å². The van der Waals surface area contributed by atoms with E-state index in [1.807, 2.05) is 54.5 Å². The van der Waals surface area contributed by atoms with E-state index in [1.165, 1.54) is 32.4 Å². The molecule has 0 spiro atoms. The van der Waals surface area contributed by atoms with E-state index in [0.717, 1.165) is 6.07 Å². The second kappa shape index (κ2) is 19.4. The Bertz CT molecular complexity index is 3200. The smallest absolute Gasteiger partial charge is 0.303 e. The SMILES string of the molecule is COCCc1cc(S(=O)(=O)O)cc2c3c(ccc12)[N+](CCOC)=C(/C=C/C=C1/N(CCCCCC(=O)O)c2ccc4c(S(=O)(=O)O)cc(S(=O)(=O)O)cc4c2C1(C)C)C3(C)CCCS(=O)(=O)O. The summed E-state index contributed by atoms with van der Waals surface area (Å²) in [5.41, 5.74) is 2.10. The standard InChI is InChI=1S/C45H54N2O16S4/c1-44(2)39(46(20-8-6-7-13-41(48)49)36-17-15-33-35(42(36)44)27-31(66(56,57)58)28-38(33)67(59,60)61)11-9-12-40-45(3,19-10-24-64(50,51)52)43-34-26-30(65(53,54)55)25-29(18-22-62-4)32(34)14-16-37(43)47(40)21-23-63-5/h9,11-12,14-17,25-28H,6-8,10,13,18-24H2,1-5H3,(H4-,48,49,50,51,52,53,54,55,56,57,58,59,60,61)/p+1. The third-order valence-corrected chi connectivity index (χ3v) is 16.0. The number of allylic oxidation sites excluding steroid dienone is 4. The number of methoxy groups -OCH3 is 2. The highest BCUT2D eigenvalue weighted by molar-refractivity contribution is 7.87. The van der Waals surface area contributed by atoms with Gasteiger partial charge in [-0.3, -0.25) is 23.0 Å². The van der Waals surface area contributed by atoms with Crippen molar-refractivity contribution in [2.45, 2.75) is 91.2 Å². The maximum atomic E-state index is 12.7. The first-order valence-corrected chi connectivity index (χ1v) is 27.2. The van der Waals surface area contributed by atoms with Crippen molar-refractivity contribution in [3.05, 3.63) is 89.1 Å². The van der Waals surface area contributed by atoms with Crippen LogP contribution in [0.2, 0.25) is 0 Å². The van der Waals surface area contributed by atoms with Crippen molar-refractivity contribution in [2.75, 3.05) is 51.2 Å². The Kier molecular flexibility index (Phi) is 15.0. The van der Waals surface area contributed by atoms with Crippen molar-refractivity contribution in [1.82, 2.24) is 0 Å². The van der Waals surface area contributed by atoms with E-state index in [4.69, 9.17) is 9.47 Å². The summed E-state index contributed by atoms with van der Waals surface area (Å²) < 4.78 is 153. The molecule has 0 saturated carbocycles. The minimum atomic E-state index is -5.01. The number of carboxylic acid groups (broad SMARTS) is 1. The summed E-state index contributed by atoms with van der Waals surface area (Å²) in [7, 11) is -16.1. The summed E-state index contributed by atoms with van der Waals surface area (Å²) in [6.07, 6.45) is 7.23. The van der Waals surface area contributed by atoms with Gasteiger partial charge in [0.25, 0.3) is 40.5 Å². The lowest BCUT2D eigenvalue weighted by Gasteiger charge is -2.27. The fraction of sp³-hybridized carbons (Fsp3) is 0.422. The zero-order valence-corrected chi connectivity index (χ0v) is 40.9. The summed E-state index contributed by atoms with van der Waals surface area (Å²) in [5, 5.41) is 10.6. The first-order chi connectivity index (χ1) is 31.1. The Morgan fingerprint density at radius 2 is 1.36 bits per heavy atom. The summed E-state index contributed by atoms with van der Waals surface area (Å²) in [4.78, 5) is 11.4. The second-order valence-electron chi connectivity index (χ2n) is 17.4. The molecule has 0 radical (unpaired) electrons. The molecule has 1 atom stereocenters. The molecule has 0 aromatic heterocycles. The van der Waals surface area contributed by atoms with Crippen molar-refractivity contribution >= 4 is 85.1 Å². The number of carboxylic acids is 1. The number of benzene rings is 4. The van der Waals surface area contributed by atoms with Gasteiger partial charge in [-0.15, -0.1) is 0 Å². The molecule has 4 aromatic carbocycles. The van der Waals surface area contributed by atoms with Crippen LogP contribution in [0, 0.1) is 0 Å². The van der Waals surface area contributed by atoms with E-state index in [9.17, 15) is 61.8 Å². The monoisotopic (exact) mass is 1010 g/mol. The van der Waals surface area contributed by atoms with Crippen LogP contribution >= 0.6 is 0 Å². The highest BCUT2D eigenvalue weighted by Gasteiger charge is 2.49. The van der Waals surface area contributed by atoms with E-state index in [-0.39, 0.29) is 54.7 Å². The average Bonchev–Trinajstić information content (AvgIpc) is 3.58. The van der Waals surface area contributed by atoms with E-state index in [1.54, 1.807) is 12.1 Å². The Hall–Kier alpha value is -4.62. The molecule has 5 N–H and O–H groups in total. The topological polar surface area (TPSA) is 279 Å². The van der Waals surface area contributed by atoms with Gasteiger partial charge in [-0.05, 0) is 109 Å². The van der Waals surface area contributed by atoms with Gasteiger partial charge in [-0.25, -0.2) is 0 Å². The number of unbranched alkanes of at least 4 members (excludes halogenated alkanes) is 2. The zero-order valence-electron chi connectivity index (χ0n) is 37.6. The van der Waals surface area contributed by atoms with Crippen LogP contribution in [-0.2, 0) is 72.0 Å². The van der Waals surface area contributed by atoms with E-state index in [2.05, 4.69) is 0 Å². The normalized spacial score (nSPS) is 18.2. The van der Waals surface area contributed by atoms with Crippen LogP contribution in [-0.4, -0.2) is 120 Å². The van der Waals surface area contributed by atoms with Gasteiger partial charge in [0, 0.05) is 67.1 Å². The number of fused-ring (bicyclic) bond motifs is 6. The van der Waals surface area contributed by atoms with Gasteiger partial charge >= 0.3 is 5.97 Å². The summed E-state index contributed by atoms with van der Waals surface area (Å²) in [5.74, 6) is -1.51. The quantitative estimate of drug-likeness (QED) is 0.0339. The van der Waals surface area contributed by atoms with Gasteiger partial charge in [0.05, 0.1) is 27.6 Å². The lowest BCUT2D eigenvalue weighted by molar-refractivity contribution is -0.441. The lowest BCUT2D eigenvalue weighted by atomic mass is 9.73. The van der Waals surface area contributed by atoms with Crippen molar-refractivity contribution in [3.8, 4) is 0 Å². The Morgan fingerprint density at radius 3 is 1.96 bits per heavy atom. The van der Waals surface area contributed by atoms with Crippen molar-refractivity contribution in [1.29, 1.82) is 0 Å². The maximum absolute atomic E-state index is 12.7. The second-order valence-corrected chi connectivity index (χ2v) is 23.2. The third kappa shape index (κ3) is 10.8. The average molecular weight is 1010 g/mol. The number of rotatable bonds is 21. The van der Waals surface area contributed by atoms with E-state index in [0.29, 0.717) is 88.5 Å². The molecule has 364 valence electrons. The number of hydrogen-bond acceptors (Lipinski definition) is 12.